The second-order valence-electron chi connectivity index (χ2n) is 6.01. The fraction of sp³-hybridized carbons (Fsp3) is 0.211. The Balaban J connectivity index is 1.73. The molecule has 6 nitrogen and oxygen atoms in total. The molecule has 7 heteroatoms. The van der Waals surface area contributed by atoms with Gasteiger partial charge in [-0.25, -0.2) is 13.1 Å². The number of aromatic nitrogens is 3. The van der Waals surface area contributed by atoms with E-state index in [1.54, 1.807) is 42.7 Å². The maximum absolute atomic E-state index is 12.4. The van der Waals surface area contributed by atoms with Crippen LogP contribution in [0.5, 0.6) is 0 Å². The zero-order chi connectivity index (χ0) is 18.6. The van der Waals surface area contributed by atoms with Crippen LogP contribution in [0.15, 0.2) is 70.6 Å². The molecule has 1 aromatic carbocycles. The van der Waals surface area contributed by atoms with Crippen LogP contribution in [0.1, 0.15) is 12.0 Å². The molecule has 0 aliphatic carbocycles. The zero-order valence-corrected chi connectivity index (χ0v) is 15.2. The first kappa shape index (κ1) is 18.0. The molecule has 0 saturated heterocycles. The fourth-order valence-electron chi connectivity index (χ4n) is 2.61. The van der Waals surface area contributed by atoms with Gasteiger partial charge in [0.2, 0.25) is 0 Å². The van der Waals surface area contributed by atoms with Gasteiger partial charge in [0.15, 0.2) is 9.84 Å². The van der Waals surface area contributed by atoms with Crippen LogP contribution in [-0.2, 0) is 16.4 Å². The van der Waals surface area contributed by atoms with Crippen LogP contribution in [0.3, 0.4) is 0 Å². The van der Waals surface area contributed by atoms with E-state index in [4.69, 9.17) is 0 Å². The molecule has 0 atom stereocenters. The zero-order valence-electron chi connectivity index (χ0n) is 14.4. The lowest BCUT2D eigenvalue weighted by atomic mass is 10.2. The van der Waals surface area contributed by atoms with Gasteiger partial charge in [0.1, 0.15) is 0 Å². The van der Waals surface area contributed by atoms with E-state index in [1.807, 2.05) is 19.1 Å². The van der Waals surface area contributed by atoms with Gasteiger partial charge in [0.25, 0.3) is 5.56 Å². The molecule has 26 heavy (non-hydrogen) atoms. The lowest BCUT2D eigenvalue weighted by Gasteiger charge is -2.08. The summed E-state index contributed by atoms with van der Waals surface area (Å²) in [4.78, 5) is 16.4. The van der Waals surface area contributed by atoms with Crippen LogP contribution < -0.4 is 5.56 Å². The van der Waals surface area contributed by atoms with Crippen molar-refractivity contribution in [2.45, 2.75) is 24.8 Å². The molecule has 0 unspecified atom stereocenters. The highest BCUT2D eigenvalue weighted by Gasteiger charge is 2.14. The highest BCUT2D eigenvalue weighted by molar-refractivity contribution is 7.91. The number of sulfone groups is 1. The van der Waals surface area contributed by atoms with E-state index >= 15 is 0 Å². The Morgan fingerprint density at radius 3 is 2.65 bits per heavy atom. The van der Waals surface area contributed by atoms with Gasteiger partial charge in [-0.1, -0.05) is 12.1 Å². The van der Waals surface area contributed by atoms with Crippen molar-refractivity contribution in [2.24, 2.45) is 0 Å². The van der Waals surface area contributed by atoms with E-state index in [-0.39, 0.29) is 17.9 Å². The lowest BCUT2D eigenvalue weighted by Crippen LogP contribution is -2.23. The molecule has 0 bridgehead atoms. The number of benzene rings is 1. The van der Waals surface area contributed by atoms with Crippen LogP contribution in [0, 0.1) is 6.92 Å². The van der Waals surface area contributed by atoms with Crippen LogP contribution in [0.2, 0.25) is 0 Å². The standard InChI is InChI=1S/C19H19N3O3S/c1-15-5-2-7-17(13-15)26(24,25)12-4-11-22-19(23)9-8-18(21-22)16-6-3-10-20-14-16/h2-3,5-10,13-14H,4,11-12H2,1H3. The molecule has 2 heterocycles. The summed E-state index contributed by atoms with van der Waals surface area (Å²) < 4.78 is 26.2. The molecule has 0 saturated carbocycles. The molecule has 2 aromatic heterocycles. The highest BCUT2D eigenvalue weighted by Crippen LogP contribution is 2.15. The minimum atomic E-state index is -3.38. The summed E-state index contributed by atoms with van der Waals surface area (Å²) in [5, 5.41) is 4.32. The number of aryl methyl sites for hydroxylation is 2. The fourth-order valence-corrected chi connectivity index (χ4v) is 4.00. The Hall–Kier alpha value is -2.80. The molecule has 0 amide bonds. The van der Waals surface area contributed by atoms with Crippen LogP contribution in [0.25, 0.3) is 11.3 Å². The normalized spacial score (nSPS) is 11.4. The summed E-state index contributed by atoms with van der Waals surface area (Å²) in [7, 11) is -3.38. The molecule has 0 radical (unpaired) electrons. The van der Waals surface area contributed by atoms with Gasteiger partial charge in [-0.15, -0.1) is 0 Å². The third kappa shape index (κ3) is 4.23. The van der Waals surface area contributed by atoms with E-state index < -0.39 is 9.84 Å². The highest BCUT2D eigenvalue weighted by atomic mass is 32.2. The predicted molar refractivity (Wildman–Crippen MR) is 99.6 cm³/mol. The van der Waals surface area contributed by atoms with Crippen molar-refractivity contribution in [3.8, 4) is 11.3 Å². The van der Waals surface area contributed by atoms with E-state index in [2.05, 4.69) is 10.1 Å². The molecule has 3 aromatic rings. The first-order chi connectivity index (χ1) is 12.5. The summed E-state index contributed by atoms with van der Waals surface area (Å²) in [5.41, 5.74) is 2.06. The average Bonchev–Trinajstić information content (AvgIpc) is 2.64. The van der Waals surface area contributed by atoms with Crippen molar-refractivity contribution in [1.29, 1.82) is 0 Å². The molecular formula is C19H19N3O3S. The molecule has 134 valence electrons. The molecule has 0 N–H and O–H groups in total. The monoisotopic (exact) mass is 369 g/mol. The van der Waals surface area contributed by atoms with Gasteiger partial charge in [-0.2, -0.15) is 5.10 Å². The smallest absolute Gasteiger partial charge is 0.266 e. The SMILES string of the molecule is Cc1cccc(S(=O)(=O)CCCn2nc(-c3cccnc3)ccc2=O)c1. The van der Waals surface area contributed by atoms with Crippen molar-refractivity contribution >= 4 is 9.84 Å². The van der Waals surface area contributed by atoms with Crippen molar-refractivity contribution < 1.29 is 8.42 Å². The second kappa shape index (κ2) is 7.61. The molecule has 3 rings (SSSR count). The van der Waals surface area contributed by atoms with Gasteiger partial charge in [-0.3, -0.25) is 9.78 Å². The lowest BCUT2D eigenvalue weighted by molar-refractivity contribution is 0.556. The third-order valence-electron chi connectivity index (χ3n) is 3.96. The third-order valence-corrected chi connectivity index (χ3v) is 5.75. The van der Waals surface area contributed by atoms with Crippen molar-refractivity contribution in [3.63, 3.8) is 0 Å². The summed E-state index contributed by atoms with van der Waals surface area (Å²) in [5.74, 6) is -0.0400. The maximum atomic E-state index is 12.4. The Kier molecular flexibility index (Phi) is 5.27. The number of rotatable bonds is 6. The van der Waals surface area contributed by atoms with Crippen molar-refractivity contribution in [1.82, 2.24) is 14.8 Å². The topological polar surface area (TPSA) is 81.9 Å². The number of pyridine rings is 1. The van der Waals surface area contributed by atoms with Crippen LogP contribution in [0.4, 0.5) is 0 Å². The summed E-state index contributed by atoms with van der Waals surface area (Å²) >= 11 is 0. The van der Waals surface area contributed by atoms with Crippen LogP contribution >= 0.6 is 0 Å². The number of nitrogens with zero attached hydrogens (tertiary/aromatic N) is 3. The minimum absolute atomic E-state index is 0.0400. The number of hydrogen-bond donors (Lipinski definition) is 0. The Bertz CT molecular complexity index is 1060. The number of hydrogen-bond acceptors (Lipinski definition) is 5. The van der Waals surface area contributed by atoms with E-state index in [1.165, 1.54) is 10.7 Å². The largest absolute Gasteiger partial charge is 0.268 e. The quantitative estimate of drug-likeness (QED) is 0.667. The van der Waals surface area contributed by atoms with Gasteiger partial charge in [0, 0.05) is 30.6 Å². The summed E-state index contributed by atoms with van der Waals surface area (Å²) in [6.07, 6.45) is 3.63. The van der Waals surface area contributed by atoms with E-state index in [9.17, 15) is 13.2 Å². The summed E-state index contributed by atoms with van der Waals surface area (Å²) in [6, 6.07) is 13.5. The van der Waals surface area contributed by atoms with Gasteiger partial charge in [-0.05, 0) is 49.2 Å². The molecule has 0 aliphatic heterocycles. The van der Waals surface area contributed by atoms with Gasteiger partial charge < -0.3 is 0 Å². The first-order valence-corrected chi connectivity index (χ1v) is 9.89. The van der Waals surface area contributed by atoms with Crippen LogP contribution in [-0.4, -0.2) is 28.9 Å². The summed E-state index contributed by atoms with van der Waals surface area (Å²) in [6.45, 7) is 2.09. The minimum Gasteiger partial charge on any atom is -0.268 e. The van der Waals surface area contributed by atoms with Crippen molar-refractivity contribution in [2.75, 3.05) is 5.75 Å². The van der Waals surface area contributed by atoms with Gasteiger partial charge >= 0.3 is 0 Å². The van der Waals surface area contributed by atoms with Crippen molar-refractivity contribution in [3.05, 3.63) is 76.8 Å². The maximum Gasteiger partial charge on any atom is 0.266 e. The Morgan fingerprint density at radius 1 is 1.08 bits per heavy atom. The predicted octanol–water partition coefficient (Wildman–Crippen LogP) is 2.48. The first-order valence-electron chi connectivity index (χ1n) is 8.24. The Labute approximate surface area is 152 Å². The molecule has 0 fully saturated rings. The van der Waals surface area contributed by atoms with Gasteiger partial charge in [0.05, 0.1) is 16.3 Å². The second-order valence-corrected chi connectivity index (χ2v) is 8.12. The Morgan fingerprint density at radius 2 is 1.92 bits per heavy atom. The van der Waals surface area contributed by atoms with E-state index in [0.717, 1.165) is 11.1 Å². The molecule has 0 spiro atoms. The average molecular weight is 369 g/mol. The molecule has 0 aliphatic rings. The molecular weight excluding hydrogens is 350 g/mol. The van der Waals surface area contributed by atoms with E-state index in [0.29, 0.717) is 17.0 Å².